The largest absolute Gasteiger partial charge is 0.419 e. The van der Waals surface area contributed by atoms with E-state index in [1.165, 1.54) is 12.8 Å². The summed E-state index contributed by atoms with van der Waals surface area (Å²) in [5.41, 5.74) is 0. The van der Waals surface area contributed by atoms with Crippen LogP contribution in [0.15, 0.2) is 20.3 Å². The third kappa shape index (κ3) is 3.24. The number of hydrogen-bond acceptors (Lipinski definition) is 5. The normalized spacial score (nSPS) is 20.8. The molecule has 1 saturated heterocycles. The van der Waals surface area contributed by atoms with E-state index in [9.17, 15) is 0 Å². The van der Waals surface area contributed by atoms with Gasteiger partial charge in [0, 0.05) is 6.54 Å². The van der Waals surface area contributed by atoms with E-state index in [1.807, 2.05) is 12.1 Å². The van der Waals surface area contributed by atoms with E-state index in [0.717, 1.165) is 34.2 Å². The van der Waals surface area contributed by atoms with Crippen LogP contribution in [0.4, 0.5) is 0 Å². The minimum absolute atomic E-state index is 0.621. The minimum atomic E-state index is 0.621. The molecule has 0 N–H and O–H groups in total. The van der Waals surface area contributed by atoms with Gasteiger partial charge in [-0.25, -0.2) is 0 Å². The Labute approximate surface area is 125 Å². The second kappa shape index (κ2) is 5.73. The highest BCUT2D eigenvalue weighted by molar-refractivity contribution is 9.11. The summed E-state index contributed by atoms with van der Waals surface area (Å²) in [5, 5.41) is 8.28. The first-order chi connectivity index (χ1) is 9.20. The van der Waals surface area contributed by atoms with Crippen LogP contribution in [-0.2, 0) is 6.54 Å². The lowest BCUT2D eigenvalue weighted by atomic mass is 10.0. The summed E-state index contributed by atoms with van der Waals surface area (Å²) in [4.78, 5) is 3.41. The van der Waals surface area contributed by atoms with E-state index in [2.05, 4.69) is 38.0 Å². The summed E-state index contributed by atoms with van der Waals surface area (Å²) >= 11 is 5.05. The van der Waals surface area contributed by atoms with Crippen LogP contribution in [0.25, 0.3) is 10.8 Å². The first-order valence-corrected chi connectivity index (χ1v) is 8.12. The number of piperidine rings is 1. The lowest BCUT2D eigenvalue weighted by Crippen LogP contribution is -2.33. The SMILES string of the molecule is C[C@@H]1CCCN(Cc2nnc(-c3ccc(Br)s3)o2)C1. The van der Waals surface area contributed by atoms with E-state index in [1.54, 1.807) is 11.3 Å². The molecule has 3 heterocycles. The predicted octanol–water partition coefficient (Wildman–Crippen LogP) is 3.79. The van der Waals surface area contributed by atoms with Gasteiger partial charge in [0.1, 0.15) is 0 Å². The fraction of sp³-hybridized carbons (Fsp3) is 0.538. The maximum absolute atomic E-state index is 5.75. The van der Waals surface area contributed by atoms with Crippen molar-refractivity contribution in [1.29, 1.82) is 0 Å². The average Bonchev–Trinajstić information content (AvgIpc) is 2.98. The molecule has 0 spiro atoms. The molecule has 1 aliphatic rings. The molecule has 2 aromatic rings. The Balaban J connectivity index is 1.68. The highest BCUT2D eigenvalue weighted by Gasteiger charge is 2.19. The van der Waals surface area contributed by atoms with Crippen LogP contribution in [0.2, 0.25) is 0 Å². The summed E-state index contributed by atoms with van der Waals surface area (Å²) < 4.78 is 6.82. The Hall–Kier alpha value is -0.720. The highest BCUT2D eigenvalue weighted by Crippen LogP contribution is 2.30. The van der Waals surface area contributed by atoms with E-state index < -0.39 is 0 Å². The molecular weight excluding hydrogens is 326 g/mol. The second-order valence-electron chi connectivity index (χ2n) is 5.09. The highest BCUT2D eigenvalue weighted by atomic mass is 79.9. The van der Waals surface area contributed by atoms with Gasteiger partial charge in [-0.2, -0.15) is 0 Å². The van der Waals surface area contributed by atoms with Gasteiger partial charge in [-0.3, -0.25) is 4.90 Å². The number of halogens is 1. The summed E-state index contributed by atoms with van der Waals surface area (Å²) in [6.45, 7) is 5.33. The van der Waals surface area contributed by atoms with E-state index in [-0.39, 0.29) is 0 Å². The molecule has 0 aromatic carbocycles. The molecule has 1 fully saturated rings. The van der Waals surface area contributed by atoms with Crippen LogP contribution < -0.4 is 0 Å². The van der Waals surface area contributed by atoms with Crippen LogP contribution in [0, 0.1) is 5.92 Å². The van der Waals surface area contributed by atoms with Crippen LogP contribution in [0.3, 0.4) is 0 Å². The van der Waals surface area contributed by atoms with Crippen molar-refractivity contribution in [3.05, 3.63) is 21.8 Å². The molecule has 0 radical (unpaired) electrons. The Morgan fingerprint density at radius 1 is 1.47 bits per heavy atom. The molecule has 0 amide bonds. The van der Waals surface area contributed by atoms with Gasteiger partial charge in [-0.15, -0.1) is 21.5 Å². The standard InChI is InChI=1S/C13H16BrN3OS/c1-9-3-2-6-17(7-9)8-12-15-16-13(18-12)10-4-5-11(14)19-10/h4-5,9H,2-3,6-8H2,1H3/t9-/m1/s1. The predicted molar refractivity (Wildman–Crippen MR) is 79.0 cm³/mol. The maximum Gasteiger partial charge on any atom is 0.257 e. The van der Waals surface area contributed by atoms with Crippen LogP contribution >= 0.6 is 27.3 Å². The monoisotopic (exact) mass is 341 g/mol. The number of aromatic nitrogens is 2. The maximum atomic E-state index is 5.75. The summed E-state index contributed by atoms with van der Waals surface area (Å²) in [7, 11) is 0. The van der Waals surface area contributed by atoms with Gasteiger partial charge in [0.15, 0.2) is 0 Å². The molecule has 0 saturated carbocycles. The Morgan fingerprint density at radius 3 is 3.11 bits per heavy atom. The molecule has 102 valence electrons. The van der Waals surface area contributed by atoms with Gasteiger partial charge in [0.2, 0.25) is 5.89 Å². The molecule has 2 aromatic heterocycles. The molecule has 0 bridgehead atoms. The van der Waals surface area contributed by atoms with Crippen LogP contribution in [-0.4, -0.2) is 28.2 Å². The molecule has 0 unspecified atom stereocenters. The quantitative estimate of drug-likeness (QED) is 0.851. The van der Waals surface area contributed by atoms with Gasteiger partial charge >= 0.3 is 0 Å². The molecule has 1 aliphatic heterocycles. The number of hydrogen-bond donors (Lipinski definition) is 0. The van der Waals surface area contributed by atoms with Crippen molar-refractivity contribution in [2.45, 2.75) is 26.3 Å². The zero-order chi connectivity index (χ0) is 13.2. The fourth-order valence-corrected chi connectivity index (χ4v) is 3.78. The number of thiophene rings is 1. The number of rotatable bonds is 3. The Bertz CT molecular complexity index is 554. The molecular formula is C13H16BrN3OS. The molecule has 19 heavy (non-hydrogen) atoms. The fourth-order valence-electron chi connectivity index (χ4n) is 2.47. The Kier molecular flexibility index (Phi) is 4.00. The molecule has 3 rings (SSSR count). The van der Waals surface area contributed by atoms with Crippen molar-refractivity contribution in [1.82, 2.24) is 15.1 Å². The van der Waals surface area contributed by atoms with Crippen molar-refractivity contribution in [3.63, 3.8) is 0 Å². The van der Waals surface area contributed by atoms with E-state index in [0.29, 0.717) is 11.8 Å². The van der Waals surface area contributed by atoms with E-state index >= 15 is 0 Å². The second-order valence-corrected chi connectivity index (χ2v) is 7.55. The van der Waals surface area contributed by atoms with Gasteiger partial charge < -0.3 is 4.42 Å². The summed E-state index contributed by atoms with van der Waals surface area (Å²) in [5.74, 6) is 2.11. The first kappa shape index (κ1) is 13.3. The van der Waals surface area contributed by atoms with Crippen LogP contribution in [0.5, 0.6) is 0 Å². The van der Waals surface area contributed by atoms with Gasteiger partial charge in [-0.1, -0.05) is 6.92 Å². The summed E-state index contributed by atoms with van der Waals surface area (Å²) in [6.07, 6.45) is 2.59. The molecule has 4 nitrogen and oxygen atoms in total. The third-order valence-electron chi connectivity index (χ3n) is 3.35. The lowest BCUT2D eigenvalue weighted by molar-refractivity contribution is 0.163. The van der Waals surface area contributed by atoms with Gasteiger partial charge in [-0.05, 0) is 53.4 Å². The van der Waals surface area contributed by atoms with Gasteiger partial charge in [0.25, 0.3) is 5.89 Å². The van der Waals surface area contributed by atoms with Gasteiger partial charge in [0.05, 0.1) is 15.2 Å². The summed E-state index contributed by atoms with van der Waals surface area (Å²) in [6, 6.07) is 3.99. The third-order valence-corrected chi connectivity index (χ3v) is 4.96. The average molecular weight is 342 g/mol. The van der Waals surface area contributed by atoms with Crippen molar-refractivity contribution in [2.75, 3.05) is 13.1 Å². The number of likely N-dealkylation sites (tertiary alicyclic amines) is 1. The smallest absolute Gasteiger partial charge is 0.257 e. The zero-order valence-corrected chi connectivity index (χ0v) is 13.2. The molecule has 6 heteroatoms. The Morgan fingerprint density at radius 2 is 2.37 bits per heavy atom. The zero-order valence-electron chi connectivity index (χ0n) is 10.8. The van der Waals surface area contributed by atoms with Crippen LogP contribution in [0.1, 0.15) is 25.7 Å². The molecule has 1 atom stereocenters. The topological polar surface area (TPSA) is 42.2 Å². The lowest BCUT2D eigenvalue weighted by Gasteiger charge is -2.29. The van der Waals surface area contributed by atoms with Crippen molar-refractivity contribution >= 4 is 27.3 Å². The first-order valence-electron chi connectivity index (χ1n) is 6.51. The minimum Gasteiger partial charge on any atom is -0.419 e. The van der Waals surface area contributed by atoms with Crippen molar-refractivity contribution in [3.8, 4) is 10.8 Å². The van der Waals surface area contributed by atoms with Crippen molar-refractivity contribution < 1.29 is 4.42 Å². The number of nitrogens with zero attached hydrogens (tertiary/aromatic N) is 3. The van der Waals surface area contributed by atoms with Crippen molar-refractivity contribution in [2.24, 2.45) is 5.92 Å². The van der Waals surface area contributed by atoms with E-state index in [4.69, 9.17) is 4.42 Å². The molecule has 0 aliphatic carbocycles.